The standard InChI is InChI=1S/C27H25FN2O6S/c1-4-5-14-36-19-12-8-17(9-13-19)22(31)20-21(16-6-10-18(28)11-7-16)30(25(33)23(20)32)27-29-15(2)24(37-27)26(34)35-3/h6-13,21,31H,4-5,14H2,1-3H3. The van der Waals surface area contributed by atoms with Gasteiger partial charge in [-0.05, 0) is 55.3 Å². The molecule has 1 amide bonds. The van der Waals surface area contributed by atoms with Crippen molar-refractivity contribution in [2.24, 2.45) is 0 Å². The molecular weight excluding hydrogens is 499 g/mol. The molecule has 0 saturated carbocycles. The molecule has 8 nitrogen and oxygen atoms in total. The Hall–Kier alpha value is -4.05. The average molecular weight is 525 g/mol. The smallest absolute Gasteiger partial charge is 0.350 e. The number of aryl methyl sites for hydroxylation is 1. The molecule has 0 spiro atoms. The van der Waals surface area contributed by atoms with Gasteiger partial charge in [-0.25, -0.2) is 14.2 Å². The number of aromatic nitrogens is 1. The summed E-state index contributed by atoms with van der Waals surface area (Å²) in [5, 5.41) is 11.3. The van der Waals surface area contributed by atoms with Gasteiger partial charge in [0.05, 0.1) is 31.0 Å². The van der Waals surface area contributed by atoms with Crippen molar-refractivity contribution in [2.75, 3.05) is 18.6 Å². The minimum Gasteiger partial charge on any atom is -0.507 e. The molecule has 3 aromatic rings. The van der Waals surface area contributed by atoms with E-state index in [4.69, 9.17) is 9.47 Å². The number of methoxy groups -OCH3 is 1. The van der Waals surface area contributed by atoms with Crippen LogP contribution in [0.5, 0.6) is 5.75 Å². The van der Waals surface area contributed by atoms with E-state index in [9.17, 15) is 23.9 Å². The fourth-order valence-corrected chi connectivity index (χ4v) is 4.97. The highest BCUT2D eigenvalue weighted by molar-refractivity contribution is 7.17. The number of Topliss-reactive ketones (excluding diaryl/α,β-unsaturated/α-hetero) is 1. The van der Waals surface area contributed by atoms with Gasteiger partial charge in [0.15, 0.2) is 5.13 Å². The lowest BCUT2D eigenvalue weighted by atomic mass is 9.95. The van der Waals surface area contributed by atoms with Crippen molar-refractivity contribution in [3.63, 3.8) is 0 Å². The molecule has 0 bridgehead atoms. The summed E-state index contributed by atoms with van der Waals surface area (Å²) in [6.45, 7) is 4.19. The normalized spacial score (nSPS) is 16.8. The molecule has 37 heavy (non-hydrogen) atoms. The van der Waals surface area contributed by atoms with Crippen LogP contribution in [0.25, 0.3) is 5.76 Å². The zero-order valence-corrected chi connectivity index (χ0v) is 21.3. The number of unbranched alkanes of at least 4 members (excludes halogenated alkanes) is 1. The highest BCUT2D eigenvalue weighted by Gasteiger charge is 2.48. The highest BCUT2D eigenvalue weighted by Crippen LogP contribution is 2.44. The van der Waals surface area contributed by atoms with Gasteiger partial charge in [-0.1, -0.05) is 36.8 Å². The number of amides is 1. The molecule has 1 saturated heterocycles. The Labute approximate surface area is 217 Å². The van der Waals surface area contributed by atoms with Crippen LogP contribution in [0.4, 0.5) is 9.52 Å². The molecule has 10 heteroatoms. The third-order valence-electron chi connectivity index (χ3n) is 5.89. The second-order valence-electron chi connectivity index (χ2n) is 8.35. The molecule has 4 rings (SSSR count). The lowest BCUT2D eigenvalue weighted by Crippen LogP contribution is -2.29. The third-order valence-corrected chi connectivity index (χ3v) is 7.02. The van der Waals surface area contributed by atoms with E-state index in [0.29, 0.717) is 29.2 Å². The van der Waals surface area contributed by atoms with Crippen molar-refractivity contribution in [1.82, 2.24) is 4.98 Å². The number of hydrogen-bond acceptors (Lipinski definition) is 8. The first kappa shape index (κ1) is 26.0. The Kier molecular flexibility index (Phi) is 7.68. The number of nitrogens with zero attached hydrogens (tertiary/aromatic N) is 2. The van der Waals surface area contributed by atoms with Crippen LogP contribution in [0.15, 0.2) is 54.1 Å². The molecule has 2 heterocycles. The summed E-state index contributed by atoms with van der Waals surface area (Å²) in [5.74, 6) is -2.77. The molecule has 1 N–H and O–H groups in total. The van der Waals surface area contributed by atoms with E-state index in [-0.39, 0.29) is 15.6 Å². The molecule has 1 unspecified atom stereocenters. The Morgan fingerprint density at radius 2 is 1.81 bits per heavy atom. The number of anilines is 1. The number of hydrogen-bond donors (Lipinski definition) is 1. The minimum atomic E-state index is -1.10. The quantitative estimate of drug-likeness (QED) is 0.142. The van der Waals surface area contributed by atoms with Crippen LogP contribution in [0.1, 0.15) is 52.3 Å². The van der Waals surface area contributed by atoms with Gasteiger partial charge in [-0.2, -0.15) is 0 Å². The van der Waals surface area contributed by atoms with Crippen LogP contribution in [0, 0.1) is 12.7 Å². The lowest BCUT2D eigenvalue weighted by molar-refractivity contribution is -0.132. The van der Waals surface area contributed by atoms with E-state index < -0.39 is 35.3 Å². The van der Waals surface area contributed by atoms with Gasteiger partial charge in [0.1, 0.15) is 22.2 Å². The molecular formula is C27H25FN2O6S. The summed E-state index contributed by atoms with van der Waals surface area (Å²) in [5.41, 5.74) is 0.835. The average Bonchev–Trinajstić information content (AvgIpc) is 3.40. The van der Waals surface area contributed by atoms with E-state index in [2.05, 4.69) is 11.9 Å². The summed E-state index contributed by atoms with van der Waals surface area (Å²) in [6, 6.07) is 10.7. The molecule has 192 valence electrons. The predicted molar refractivity (Wildman–Crippen MR) is 136 cm³/mol. The summed E-state index contributed by atoms with van der Waals surface area (Å²) < 4.78 is 24.2. The lowest BCUT2D eigenvalue weighted by Gasteiger charge is -2.23. The van der Waals surface area contributed by atoms with Gasteiger partial charge in [-0.15, -0.1) is 0 Å². The number of ketones is 1. The maximum Gasteiger partial charge on any atom is 0.350 e. The van der Waals surface area contributed by atoms with Crippen LogP contribution >= 0.6 is 11.3 Å². The van der Waals surface area contributed by atoms with Crippen LogP contribution in [0.2, 0.25) is 0 Å². The van der Waals surface area contributed by atoms with Crippen molar-refractivity contribution in [2.45, 2.75) is 32.7 Å². The van der Waals surface area contributed by atoms with Crippen molar-refractivity contribution in [3.8, 4) is 5.75 Å². The molecule has 0 aliphatic carbocycles. The van der Waals surface area contributed by atoms with E-state index in [1.807, 2.05) is 0 Å². The summed E-state index contributed by atoms with van der Waals surface area (Å²) in [4.78, 5) is 44.3. The maximum atomic E-state index is 13.7. The zero-order chi connectivity index (χ0) is 26.7. The van der Waals surface area contributed by atoms with Gasteiger partial charge in [0.2, 0.25) is 0 Å². The third kappa shape index (κ3) is 5.10. The molecule has 1 fully saturated rings. The van der Waals surface area contributed by atoms with Crippen LogP contribution in [-0.4, -0.2) is 41.5 Å². The van der Waals surface area contributed by atoms with Crippen LogP contribution in [-0.2, 0) is 14.3 Å². The summed E-state index contributed by atoms with van der Waals surface area (Å²) in [7, 11) is 1.23. The Bertz CT molecular complexity index is 1360. The molecule has 1 aliphatic rings. The second kappa shape index (κ2) is 10.9. The van der Waals surface area contributed by atoms with Crippen molar-refractivity contribution < 1.29 is 33.4 Å². The number of rotatable bonds is 8. The van der Waals surface area contributed by atoms with E-state index >= 15 is 0 Å². The second-order valence-corrected chi connectivity index (χ2v) is 9.33. The Morgan fingerprint density at radius 1 is 1.14 bits per heavy atom. The fraction of sp³-hybridized carbons (Fsp3) is 0.259. The molecule has 1 aliphatic heterocycles. The monoisotopic (exact) mass is 524 g/mol. The SMILES string of the molecule is CCCCOc1ccc(C(O)=C2C(=O)C(=O)N(c3nc(C)c(C(=O)OC)s3)C2c2ccc(F)cc2)cc1. The van der Waals surface area contributed by atoms with E-state index in [0.717, 1.165) is 29.1 Å². The number of aliphatic hydroxyl groups is 1. The number of ether oxygens (including phenoxy) is 2. The zero-order valence-electron chi connectivity index (χ0n) is 20.5. The van der Waals surface area contributed by atoms with Crippen LogP contribution < -0.4 is 9.64 Å². The largest absolute Gasteiger partial charge is 0.507 e. The number of halogens is 1. The van der Waals surface area contributed by atoms with Crippen molar-refractivity contribution in [1.29, 1.82) is 0 Å². The van der Waals surface area contributed by atoms with E-state index in [1.165, 1.54) is 31.4 Å². The first-order valence-corrected chi connectivity index (χ1v) is 12.4. The summed E-state index contributed by atoms with van der Waals surface area (Å²) >= 11 is 0.890. The van der Waals surface area contributed by atoms with Gasteiger partial charge >= 0.3 is 11.9 Å². The van der Waals surface area contributed by atoms with Gasteiger partial charge < -0.3 is 14.6 Å². The number of aliphatic hydroxyl groups excluding tert-OH is 1. The topological polar surface area (TPSA) is 106 Å². The molecule has 0 radical (unpaired) electrons. The number of benzene rings is 2. The van der Waals surface area contributed by atoms with Gasteiger partial charge in [0, 0.05) is 5.56 Å². The molecule has 1 aromatic heterocycles. The predicted octanol–water partition coefficient (Wildman–Crippen LogP) is 5.18. The van der Waals surface area contributed by atoms with Crippen LogP contribution in [0.3, 0.4) is 0 Å². The van der Waals surface area contributed by atoms with E-state index in [1.54, 1.807) is 31.2 Å². The summed E-state index contributed by atoms with van der Waals surface area (Å²) in [6.07, 6.45) is 1.89. The number of carbonyl (C=O) groups excluding carboxylic acids is 3. The van der Waals surface area contributed by atoms with Gasteiger partial charge in [-0.3, -0.25) is 14.5 Å². The fourth-order valence-electron chi connectivity index (χ4n) is 3.96. The number of thiazole rings is 1. The number of carbonyl (C=O) groups is 3. The first-order chi connectivity index (χ1) is 17.8. The molecule has 2 aromatic carbocycles. The van der Waals surface area contributed by atoms with Crippen molar-refractivity contribution in [3.05, 3.63) is 81.6 Å². The van der Waals surface area contributed by atoms with Crippen molar-refractivity contribution >= 4 is 39.9 Å². The first-order valence-electron chi connectivity index (χ1n) is 11.6. The maximum absolute atomic E-state index is 13.7. The highest BCUT2D eigenvalue weighted by atomic mass is 32.1. The molecule has 1 atom stereocenters. The Morgan fingerprint density at radius 3 is 2.43 bits per heavy atom. The Balaban J connectivity index is 1.81. The van der Waals surface area contributed by atoms with Gasteiger partial charge in [0.25, 0.3) is 5.78 Å². The minimum absolute atomic E-state index is 0.0769. The number of esters is 1.